The number of ketones is 1. The first kappa shape index (κ1) is 19.6. The molecule has 0 bridgehead atoms. The maximum absolute atomic E-state index is 12.0. The molecule has 0 unspecified atom stereocenters. The van der Waals surface area contributed by atoms with Gasteiger partial charge in [-0.15, -0.1) is 0 Å². The van der Waals surface area contributed by atoms with E-state index in [0.29, 0.717) is 23.6 Å². The van der Waals surface area contributed by atoms with Crippen molar-refractivity contribution >= 4 is 28.9 Å². The predicted octanol–water partition coefficient (Wildman–Crippen LogP) is 3.93. The summed E-state index contributed by atoms with van der Waals surface area (Å²) in [6, 6.07) is 5.35. The van der Waals surface area contributed by atoms with Crippen LogP contribution in [0.4, 0.5) is 17.2 Å². The number of aryl methyl sites for hydroxylation is 1. The van der Waals surface area contributed by atoms with Gasteiger partial charge in [0.25, 0.3) is 0 Å². The van der Waals surface area contributed by atoms with Gasteiger partial charge in [0.05, 0.1) is 23.3 Å². The van der Waals surface area contributed by atoms with Crippen LogP contribution in [0.2, 0.25) is 0 Å². The van der Waals surface area contributed by atoms with Crippen LogP contribution in [0.25, 0.3) is 11.3 Å². The average Bonchev–Trinajstić information content (AvgIpc) is 3.61. The summed E-state index contributed by atoms with van der Waals surface area (Å²) in [6.45, 7) is 3.74. The summed E-state index contributed by atoms with van der Waals surface area (Å²) in [5, 5.41) is 6.19. The fourth-order valence-corrected chi connectivity index (χ4v) is 3.02. The van der Waals surface area contributed by atoms with E-state index in [1.54, 1.807) is 30.7 Å². The van der Waals surface area contributed by atoms with Gasteiger partial charge in [-0.25, -0.2) is 9.97 Å². The lowest BCUT2D eigenvalue weighted by Gasteiger charge is -2.14. The number of nitrogens with zero attached hydrogens (tertiary/aromatic N) is 4. The Hall–Kier alpha value is -3.68. The fraction of sp³-hybridized carbons (Fsp3) is 0.273. The summed E-state index contributed by atoms with van der Waals surface area (Å²) in [5.41, 5.74) is 4.33. The molecule has 0 atom stereocenters. The number of rotatable bonds is 7. The van der Waals surface area contributed by atoms with Gasteiger partial charge in [0.1, 0.15) is 17.8 Å². The van der Waals surface area contributed by atoms with E-state index < -0.39 is 0 Å². The number of amides is 1. The summed E-state index contributed by atoms with van der Waals surface area (Å²) in [6.07, 6.45) is 8.74. The monoisotopic (exact) mass is 402 g/mol. The van der Waals surface area contributed by atoms with Crippen LogP contribution in [0.5, 0.6) is 0 Å². The molecule has 8 nitrogen and oxygen atoms in total. The lowest BCUT2D eigenvalue weighted by molar-refractivity contribution is -0.117. The fourth-order valence-electron chi connectivity index (χ4n) is 3.02. The summed E-state index contributed by atoms with van der Waals surface area (Å²) in [7, 11) is 0. The highest BCUT2D eigenvalue weighted by Crippen LogP contribution is 2.32. The molecule has 0 aliphatic heterocycles. The number of anilines is 3. The summed E-state index contributed by atoms with van der Waals surface area (Å²) >= 11 is 0. The topological polar surface area (TPSA) is 110 Å². The zero-order valence-corrected chi connectivity index (χ0v) is 16.8. The van der Waals surface area contributed by atoms with Crippen molar-refractivity contribution in [3.05, 3.63) is 54.4 Å². The van der Waals surface area contributed by atoms with E-state index in [0.717, 1.165) is 35.3 Å². The Morgan fingerprint density at radius 2 is 1.93 bits per heavy atom. The predicted molar refractivity (Wildman–Crippen MR) is 113 cm³/mol. The van der Waals surface area contributed by atoms with Crippen LogP contribution in [0.15, 0.2) is 43.1 Å². The van der Waals surface area contributed by atoms with Crippen molar-refractivity contribution in [1.29, 1.82) is 0 Å². The van der Waals surface area contributed by atoms with Gasteiger partial charge in [-0.1, -0.05) is 6.92 Å². The van der Waals surface area contributed by atoms with Crippen LogP contribution in [0.1, 0.15) is 42.2 Å². The minimum absolute atomic E-state index is 0.00685. The van der Waals surface area contributed by atoms with E-state index in [1.165, 1.54) is 6.33 Å². The number of pyridine rings is 2. The van der Waals surface area contributed by atoms with E-state index in [1.807, 2.05) is 19.9 Å². The molecule has 1 aliphatic rings. The first-order valence-corrected chi connectivity index (χ1v) is 9.89. The quantitative estimate of drug-likeness (QED) is 0.576. The molecular weight excluding hydrogens is 380 g/mol. The van der Waals surface area contributed by atoms with E-state index in [4.69, 9.17) is 0 Å². The van der Waals surface area contributed by atoms with E-state index >= 15 is 0 Å². The molecule has 1 fully saturated rings. The Kier molecular flexibility index (Phi) is 5.47. The second kappa shape index (κ2) is 8.36. The summed E-state index contributed by atoms with van der Waals surface area (Å²) < 4.78 is 0. The van der Waals surface area contributed by atoms with Crippen molar-refractivity contribution in [2.75, 3.05) is 10.6 Å². The van der Waals surface area contributed by atoms with Crippen LogP contribution in [0.3, 0.4) is 0 Å². The third-order valence-electron chi connectivity index (χ3n) is 4.95. The van der Waals surface area contributed by atoms with Crippen molar-refractivity contribution in [3.63, 3.8) is 0 Å². The van der Waals surface area contributed by atoms with Gasteiger partial charge in [0, 0.05) is 36.4 Å². The van der Waals surface area contributed by atoms with Crippen molar-refractivity contribution in [1.82, 2.24) is 19.9 Å². The highest BCUT2D eigenvalue weighted by molar-refractivity contribution is 5.95. The van der Waals surface area contributed by atoms with Crippen LogP contribution in [0, 0.1) is 12.8 Å². The molecule has 0 spiro atoms. The molecule has 30 heavy (non-hydrogen) atoms. The minimum Gasteiger partial charge on any atom is -0.353 e. The Bertz CT molecular complexity index is 1110. The Labute approximate surface area is 174 Å². The number of hydrogen-bond donors (Lipinski definition) is 2. The molecule has 0 saturated heterocycles. The molecule has 8 heteroatoms. The first-order chi connectivity index (χ1) is 14.5. The number of nitrogens with one attached hydrogen (secondary N) is 2. The van der Waals surface area contributed by atoms with Crippen molar-refractivity contribution in [2.45, 2.75) is 33.1 Å². The lowest BCUT2D eigenvalue weighted by atomic mass is 10.1. The van der Waals surface area contributed by atoms with E-state index in [-0.39, 0.29) is 17.6 Å². The standard InChI is InChI=1S/C22H22N6O2/c1-3-20(29)18-8-13(2)19(11-24-18)27-16-6-7-23-10-15(16)17-9-21(26-12-25-17)28-22(30)14-4-5-14/h6-12,14H,3-5H2,1-2H3,(H,23,27)(H,25,26,28,30). The van der Waals surface area contributed by atoms with Gasteiger partial charge in [-0.3, -0.25) is 19.6 Å². The molecule has 1 amide bonds. The van der Waals surface area contributed by atoms with Crippen LogP contribution < -0.4 is 10.6 Å². The zero-order chi connectivity index (χ0) is 21.1. The normalized spacial score (nSPS) is 13.0. The first-order valence-electron chi connectivity index (χ1n) is 9.89. The van der Waals surface area contributed by atoms with E-state index in [2.05, 4.69) is 30.6 Å². The van der Waals surface area contributed by atoms with Crippen molar-refractivity contribution in [3.8, 4) is 11.3 Å². The Morgan fingerprint density at radius 3 is 2.67 bits per heavy atom. The molecule has 3 heterocycles. The van der Waals surface area contributed by atoms with Crippen molar-refractivity contribution in [2.24, 2.45) is 5.92 Å². The number of hydrogen-bond acceptors (Lipinski definition) is 7. The van der Waals surface area contributed by atoms with Gasteiger partial charge in [0.2, 0.25) is 5.91 Å². The SMILES string of the molecule is CCC(=O)c1cc(C)c(Nc2ccncc2-c2cc(NC(=O)C3CC3)ncn2)cn1. The van der Waals surface area contributed by atoms with Gasteiger partial charge in [-0.05, 0) is 37.5 Å². The molecule has 4 rings (SSSR count). The second-order valence-electron chi connectivity index (χ2n) is 7.26. The zero-order valence-electron chi connectivity index (χ0n) is 16.8. The number of carbonyl (C=O) groups is 2. The molecule has 0 radical (unpaired) electrons. The molecular formula is C22H22N6O2. The van der Waals surface area contributed by atoms with Crippen molar-refractivity contribution < 1.29 is 9.59 Å². The average molecular weight is 402 g/mol. The van der Waals surface area contributed by atoms with E-state index in [9.17, 15) is 9.59 Å². The third-order valence-corrected chi connectivity index (χ3v) is 4.95. The Morgan fingerprint density at radius 1 is 1.10 bits per heavy atom. The molecule has 0 aromatic carbocycles. The maximum atomic E-state index is 12.0. The largest absolute Gasteiger partial charge is 0.353 e. The van der Waals surface area contributed by atoms with Gasteiger partial charge in [-0.2, -0.15) is 0 Å². The number of Topliss-reactive ketones (excluding diaryl/α,β-unsaturated/α-hetero) is 1. The highest BCUT2D eigenvalue weighted by atomic mass is 16.2. The number of aromatic nitrogens is 4. The Balaban J connectivity index is 1.60. The molecule has 3 aromatic heterocycles. The maximum Gasteiger partial charge on any atom is 0.228 e. The van der Waals surface area contributed by atoms with Gasteiger partial charge in [0.15, 0.2) is 5.78 Å². The highest BCUT2D eigenvalue weighted by Gasteiger charge is 2.29. The molecule has 3 aromatic rings. The smallest absolute Gasteiger partial charge is 0.228 e. The lowest BCUT2D eigenvalue weighted by Crippen LogP contribution is -2.14. The third kappa shape index (κ3) is 4.32. The molecule has 2 N–H and O–H groups in total. The summed E-state index contributed by atoms with van der Waals surface area (Å²) in [4.78, 5) is 40.9. The second-order valence-corrected chi connectivity index (χ2v) is 7.26. The molecule has 152 valence electrons. The minimum atomic E-state index is -0.00685. The molecule has 1 saturated carbocycles. The van der Waals surface area contributed by atoms with Crippen LogP contribution >= 0.6 is 0 Å². The van der Waals surface area contributed by atoms with Gasteiger partial charge >= 0.3 is 0 Å². The van der Waals surface area contributed by atoms with Crippen LogP contribution in [-0.2, 0) is 4.79 Å². The molecule has 1 aliphatic carbocycles. The van der Waals surface area contributed by atoms with Crippen LogP contribution in [-0.4, -0.2) is 31.6 Å². The summed E-state index contributed by atoms with van der Waals surface area (Å²) in [5.74, 6) is 0.563. The van der Waals surface area contributed by atoms with Gasteiger partial charge < -0.3 is 10.6 Å². The number of carbonyl (C=O) groups excluding carboxylic acids is 2.